The molecule has 2 aromatic rings. The van der Waals surface area contributed by atoms with Crippen LogP contribution < -0.4 is 14.8 Å². The Morgan fingerprint density at radius 2 is 2.00 bits per heavy atom. The number of hydrogen-bond acceptors (Lipinski definition) is 3. The summed E-state index contributed by atoms with van der Waals surface area (Å²) in [6, 6.07) is 9.67. The highest BCUT2D eigenvalue weighted by atomic mass is 19.1. The Balaban J connectivity index is 2.02. The minimum Gasteiger partial charge on any atom is -0.493 e. The van der Waals surface area contributed by atoms with Crippen LogP contribution >= 0.6 is 0 Å². The summed E-state index contributed by atoms with van der Waals surface area (Å²) in [5.74, 6) is 0.235. The zero-order chi connectivity index (χ0) is 17.5. The molecule has 5 heteroatoms. The fourth-order valence-electron chi connectivity index (χ4n) is 2.16. The van der Waals surface area contributed by atoms with E-state index in [4.69, 9.17) is 9.47 Å². The first kappa shape index (κ1) is 17.5. The molecule has 0 aliphatic rings. The number of methoxy groups -OCH3 is 1. The summed E-state index contributed by atoms with van der Waals surface area (Å²) in [7, 11) is 1.54. The smallest absolute Gasteiger partial charge is 0.262 e. The van der Waals surface area contributed by atoms with E-state index in [1.165, 1.54) is 19.2 Å². The number of carbonyl (C=O) groups is 1. The Morgan fingerprint density at radius 3 is 2.71 bits per heavy atom. The largest absolute Gasteiger partial charge is 0.493 e. The van der Waals surface area contributed by atoms with Crippen LogP contribution in [0.15, 0.2) is 42.5 Å². The molecule has 0 aromatic heterocycles. The van der Waals surface area contributed by atoms with Crippen molar-refractivity contribution in [3.05, 3.63) is 59.4 Å². The van der Waals surface area contributed by atoms with Gasteiger partial charge in [0.2, 0.25) is 0 Å². The van der Waals surface area contributed by atoms with E-state index in [9.17, 15) is 9.18 Å². The molecule has 0 radical (unpaired) electrons. The number of rotatable bonds is 6. The standard InChI is InChI=1S/C19H20FNO3/c1-4-5-14-7-9-17(18(10-14)23-3)24-12-19(22)21-16-11-15(20)8-6-13(16)2/h4-11H,12H2,1-3H3,(H,21,22)/b5-4+. The first-order chi connectivity index (χ1) is 11.5. The highest BCUT2D eigenvalue weighted by Crippen LogP contribution is 2.28. The second kappa shape index (κ2) is 8.15. The Morgan fingerprint density at radius 1 is 1.21 bits per heavy atom. The molecular weight excluding hydrogens is 309 g/mol. The fourth-order valence-corrected chi connectivity index (χ4v) is 2.16. The molecule has 0 aliphatic carbocycles. The normalized spacial score (nSPS) is 10.7. The zero-order valence-electron chi connectivity index (χ0n) is 13.9. The number of nitrogens with one attached hydrogen (secondary N) is 1. The van der Waals surface area contributed by atoms with Crippen LogP contribution in [0.3, 0.4) is 0 Å². The maximum absolute atomic E-state index is 13.2. The number of benzene rings is 2. The second-order valence-corrected chi connectivity index (χ2v) is 5.21. The van der Waals surface area contributed by atoms with Gasteiger partial charge < -0.3 is 14.8 Å². The van der Waals surface area contributed by atoms with Gasteiger partial charge in [-0.25, -0.2) is 4.39 Å². The first-order valence-electron chi connectivity index (χ1n) is 7.53. The SMILES string of the molecule is C/C=C/c1ccc(OCC(=O)Nc2cc(F)ccc2C)c(OC)c1. The number of ether oxygens (including phenoxy) is 2. The van der Waals surface area contributed by atoms with Gasteiger partial charge in [0, 0.05) is 5.69 Å². The summed E-state index contributed by atoms with van der Waals surface area (Å²) < 4.78 is 24.0. The Bertz CT molecular complexity index is 756. The predicted molar refractivity (Wildman–Crippen MR) is 93.0 cm³/mol. The van der Waals surface area contributed by atoms with Crippen molar-refractivity contribution in [2.45, 2.75) is 13.8 Å². The summed E-state index contributed by atoms with van der Waals surface area (Å²) in [6.07, 6.45) is 3.86. The zero-order valence-corrected chi connectivity index (χ0v) is 13.9. The predicted octanol–water partition coefficient (Wildman–Crippen LogP) is 4.19. The molecule has 126 valence electrons. The summed E-state index contributed by atoms with van der Waals surface area (Å²) in [5.41, 5.74) is 2.18. The lowest BCUT2D eigenvalue weighted by Crippen LogP contribution is -2.21. The molecule has 0 heterocycles. The molecule has 0 saturated heterocycles. The van der Waals surface area contributed by atoms with Crippen molar-refractivity contribution in [1.82, 2.24) is 0 Å². The lowest BCUT2D eigenvalue weighted by molar-refractivity contribution is -0.118. The van der Waals surface area contributed by atoms with Gasteiger partial charge in [-0.2, -0.15) is 0 Å². The van der Waals surface area contributed by atoms with Crippen molar-refractivity contribution in [3.8, 4) is 11.5 Å². The van der Waals surface area contributed by atoms with Gasteiger partial charge in [0.25, 0.3) is 5.91 Å². The van der Waals surface area contributed by atoms with Crippen LogP contribution in [0, 0.1) is 12.7 Å². The maximum atomic E-state index is 13.2. The third kappa shape index (κ3) is 4.59. The molecule has 0 spiro atoms. The molecule has 0 fully saturated rings. The van der Waals surface area contributed by atoms with Crippen LogP contribution in [0.25, 0.3) is 6.08 Å². The highest BCUT2D eigenvalue weighted by molar-refractivity contribution is 5.92. The monoisotopic (exact) mass is 329 g/mol. The first-order valence-corrected chi connectivity index (χ1v) is 7.53. The number of anilines is 1. The number of amides is 1. The van der Waals surface area contributed by atoms with Gasteiger partial charge in [0.05, 0.1) is 7.11 Å². The minimum atomic E-state index is -0.405. The lowest BCUT2D eigenvalue weighted by Gasteiger charge is -2.12. The van der Waals surface area contributed by atoms with E-state index < -0.39 is 5.82 Å². The van der Waals surface area contributed by atoms with Gasteiger partial charge in [-0.15, -0.1) is 0 Å². The molecule has 0 atom stereocenters. The second-order valence-electron chi connectivity index (χ2n) is 5.21. The molecular formula is C19H20FNO3. The number of aryl methyl sites for hydroxylation is 1. The van der Waals surface area contributed by atoms with E-state index >= 15 is 0 Å². The number of hydrogen-bond donors (Lipinski definition) is 1. The Hall–Kier alpha value is -2.82. The molecule has 1 N–H and O–H groups in total. The van der Waals surface area contributed by atoms with Crippen molar-refractivity contribution in [2.75, 3.05) is 19.0 Å². The maximum Gasteiger partial charge on any atom is 0.262 e. The van der Waals surface area contributed by atoms with E-state index in [-0.39, 0.29) is 12.5 Å². The van der Waals surface area contributed by atoms with E-state index in [2.05, 4.69) is 5.32 Å². The van der Waals surface area contributed by atoms with Crippen LogP contribution in [0.1, 0.15) is 18.1 Å². The third-order valence-electron chi connectivity index (χ3n) is 3.38. The van der Waals surface area contributed by atoms with E-state index in [0.717, 1.165) is 11.1 Å². The average molecular weight is 329 g/mol. The molecule has 4 nitrogen and oxygen atoms in total. The molecule has 24 heavy (non-hydrogen) atoms. The lowest BCUT2D eigenvalue weighted by atomic mass is 10.2. The van der Waals surface area contributed by atoms with E-state index in [1.807, 2.05) is 31.2 Å². The van der Waals surface area contributed by atoms with Crippen LogP contribution in [-0.2, 0) is 4.79 Å². The fraction of sp³-hybridized carbons (Fsp3) is 0.211. The van der Waals surface area contributed by atoms with Crippen molar-refractivity contribution in [3.63, 3.8) is 0 Å². The van der Waals surface area contributed by atoms with Crippen molar-refractivity contribution in [1.29, 1.82) is 0 Å². The Labute approximate surface area is 140 Å². The molecule has 2 rings (SSSR count). The van der Waals surface area contributed by atoms with Gasteiger partial charge in [0.1, 0.15) is 5.82 Å². The van der Waals surface area contributed by atoms with Crippen LogP contribution in [-0.4, -0.2) is 19.6 Å². The minimum absolute atomic E-state index is 0.199. The van der Waals surface area contributed by atoms with Gasteiger partial charge in [-0.1, -0.05) is 24.3 Å². The molecule has 2 aromatic carbocycles. The summed E-state index contributed by atoms with van der Waals surface area (Å²) in [4.78, 5) is 12.0. The topological polar surface area (TPSA) is 47.6 Å². The highest BCUT2D eigenvalue weighted by Gasteiger charge is 2.10. The number of halogens is 1. The summed E-state index contributed by atoms with van der Waals surface area (Å²) in [5, 5.41) is 2.63. The van der Waals surface area contributed by atoms with Crippen LogP contribution in [0.2, 0.25) is 0 Å². The van der Waals surface area contributed by atoms with Crippen LogP contribution in [0.5, 0.6) is 11.5 Å². The summed E-state index contributed by atoms with van der Waals surface area (Å²) in [6.45, 7) is 3.52. The molecule has 0 unspecified atom stereocenters. The van der Waals surface area contributed by atoms with Crippen LogP contribution in [0.4, 0.5) is 10.1 Å². The molecule has 0 bridgehead atoms. The quantitative estimate of drug-likeness (QED) is 0.864. The van der Waals surface area contributed by atoms with E-state index in [0.29, 0.717) is 17.2 Å². The van der Waals surface area contributed by atoms with Gasteiger partial charge in [0.15, 0.2) is 18.1 Å². The molecule has 0 aliphatic heterocycles. The van der Waals surface area contributed by atoms with Gasteiger partial charge in [-0.3, -0.25) is 4.79 Å². The molecule has 0 saturated carbocycles. The van der Waals surface area contributed by atoms with Gasteiger partial charge in [-0.05, 0) is 49.2 Å². The number of carbonyl (C=O) groups excluding carboxylic acids is 1. The third-order valence-corrected chi connectivity index (χ3v) is 3.38. The van der Waals surface area contributed by atoms with Crippen molar-refractivity contribution >= 4 is 17.7 Å². The van der Waals surface area contributed by atoms with E-state index in [1.54, 1.807) is 19.1 Å². The van der Waals surface area contributed by atoms with Gasteiger partial charge >= 0.3 is 0 Å². The van der Waals surface area contributed by atoms with Crippen molar-refractivity contribution in [2.24, 2.45) is 0 Å². The van der Waals surface area contributed by atoms with Crippen molar-refractivity contribution < 1.29 is 18.7 Å². The summed E-state index contributed by atoms with van der Waals surface area (Å²) >= 11 is 0. The number of allylic oxidation sites excluding steroid dienone is 1. The molecule has 1 amide bonds. The average Bonchev–Trinajstić information content (AvgIpc) is 2.57. The Kier molecular flexibility index (Phi) is 5.95.